The molecular formula is C89H89BN8O4. The van der Waals surface area contributed by atoms with Crippen LogP contribution in [0.1, 0.15) is 154 Å². The van der Waals surface area contributed by atoms with Gasteiger partial charge in [0.05, 0.1) is 71.4 Å². The van der Waals surface area contributed by atoms with Crippen LogP contribution in [0, 0.1) is 65.3 Å². The first-order valence-electron chi connectivity index (χ1n) is 36.1. The second-order valence-corrected chi connectivity index (χ2v) is 25.3. The Morgan fingerprint density at radius 3 is 1.47 bits per heavy atom. The fraction of sp³-hybridized carbons (Fsp3) is 0.303. The van der Waals surface area contributed by atoms with E-state index in [2.05, 4.69) is 124 Å². The summed E-state index contributed by atoms with van der Waals surface area (Å²) in [5.74, 6) is 24.6. The van der Waals surface area contributed by atoms with Gasteiger partial charge in [0.15, 0.2) is 0 Å². The Kier molecular flexibility index (Phi) is 28.3. The van der Waals surface area contributed by atoms with Gasteiger partial charge in [0.1, 0.15) is 46.9 Å². The maximum atomic E-state index is 12.0. The molecule has 0 atom stereocenters. The summed E-state index contributed by atoms with van der Waals surface area (Å²) in [4.78, 5) is 25.1. The van der Waals surface area contributed by atoms with E-state index in [0.29, 0.717) is 111 Å². The van der Waals surface area contributed by atoms with Crippen LogP contribution in [0.15, 0.2) is 183 Å². The first-order chi connectivity index (χ1) is 50.4. The summed E-state index contributed by atoms with van der Waals surface area (Å²) in [6.07, 6.45) is 32.0. The summed E-state index contributed by atoms with van der Waals surface area (Å²) in [5, 5.41) is 14.5. The van der Waals surface area contributed by atoms with E-state index in [0.717, 1.165) is 46.3 Å². The predicted molar refractivity (Wildman–Crippen MR) is 418 cm³/mol. The molecule has 4 aromatic heterocycles. The number of hydrogen-bond acceptors (Lipinski definition) is 9. The Balaban J connectivity index is 1.12. The van der Waals surface area contributed by atoms with Crippen LogP contribution in [-0.4, -0.2) is 62.3 Å². The average molecular weight is 1350 g/mol. The first-order valence-corrected chi connectivity index (χ1v) is 36.1. The van der Waals surface area contributed by atoms with Gasteiger partial charge in [0.25, 0.3) is 0 Å². The van der Waals surface area contributed by atoms with Crippen molar-refractivity contribution in [1.29, 1.82) is 5.26 Å². The van der Waals surface area contributed by atoms with Crippen molar-refractivity contribution in [3.63, 3.8) is 0 Å². The molecule has 13 heteroatoms. The topological polar surface area (TPSA) is 126 Å². The van der Waals surface area contributed by atoms with Gasteiger partial charge in [-0.25, -0.2) is 9.83 Å². The number of ether oxygens (including phenoxy) is 4. The third-order valence-corrected chi connectivity index (χ3v) is 18.1. The highest BCUT2D eigenvalue weighted by Crippen LogP contribution is 2.37. The minimum atomic E-state index is -0.592. The number of unbranched alkanes of at least 4 members (excludes halogenated alkanes) is 17. The van der Waals surface area contributed by atoms with E-state index in [4.69, 9.17) is 38.9 Å². The molecule has 0 amide bonds. The Morgan fingerprint density at radius 2 is 0.961 bits per heavy atom. The molecule has 0 radical (unpaired) electrons. The van der Waals surface area contributed by atoms with Crippen molar-refractivity contribution in [1.82, 2.24) is 29.0 Å². The molecule has 0 aliphatic carbocycles. The molecule has 4 heterocycles. The number of nitrogens with zero attached hydrogens (tertiary/aromatic N) is 8. The Bertz CT molecular complexity index is 4940. The van der Waals surface area contributed by atoms with Crippen molar-refractivity contribution in [3.05, 3.63) is 217 Å². The van der Waals surface area contributed by atoms with Crippen molar-refractivity contribution in [2.45, 2.75) is 142 Å². The summed E-state index contributed by atoms with van der Waals surface area (Å²) in [7, 11) is 1.98. The zero-order chi connectivity index (χ0) is 70.9. The van der Waals surface area contributed by atoms with E-state index in [1.54, 1.807) is 19.3 Å². The van der Waals surface area contributed by atoms with Crippen molar-refractivity contribution in [2.24, 2.45) is 7.05 Å². The molecule has 0 saturated heterocycles. The summed E-state index contributed by atoms with van der Waals surface area (Å²) in [5.41, 5.74) is 8.42. The lowest BCUT2D eigenvalue weighted by molar-refractivity contribution is 0.304. The van der Waals surface area contributed by atoms with Crippen molar-refractivity contribution in [2.75, 3.05) is 26.4 Å². The number of rotatable bonds is 37. The number of nitriles is 1. The third-order valence-electron chi connectivity index (χ3n) is 18.1. The van der Waals surface area contributed by atoms with Gasteiger partial charge in [0.2, 0.25) is 5.70 Å². The van der Waals surface area contributed by atoms with Crippen LogP contribution in [-0.2, 0) is 7.05 Å². The summed E-state index contributed by atoms with van der Waals surface area (Å²) < 4.78 is 29.2. The highest BCUT2D eigenvalue weighted by Gasteiger charge is 2.34. The zero-order valence-electron chi connectivity index (χ0n) is 59.3. The van der Waals surface area contributed by atoms with Gasteiger partial charge >= 0.3 is 6.85 Å². The number of benzene rings is 6. The first kappa shape index (κ1) is 73.2. The maximum absolute atomic E-state index is 12.0. The molecule has 10 aromatic rings. The second kappa shape index (κ2) is 39.4. The molecule has 6 aromatic carbocycles. The standard InChI is InChI=1S/C89H89BN8O4/c1-7-11-15-17-19-21-22-23-24-25-26-27-28-29-30-32-34-42-61-99-72-51-47-68(48-52-72)86-83-84(88(97(86)6)76(65-91)81-66-93-79-63-74(101-59-13-9-3)55-57-77(79)95-81)87(69-49-53-73(54-50-69)100-62-41-33-31-20-18-16-12-8-2)98(90(70-43-37-35-38-44-70)71-45-39-36-40-46-71)89(83)85(92-5)82-67-94-80-64-75(102-60-14-10-4)56-58-78(80)96-82/h9-10,35-40,43-58,63-64,66-67H,3-4,7,11,13-15,17,19,21-30,32,34,42,59-62H2,1-2,6H3/b88-76-,89-85+. The summed E-state index contributed by atoms with van der Waals surface area (Å²) in [6.45, 7) is 22.3. The van der Waals surface area contributed by atoms with Crippen LogP contribution in [0.25, 0.3) is 71.5 Å². The molecule has 0 fully saturated rings. The predicted octanol–water partition coefficient (Wildman–Crippen LogP) is 17.4. The molecule has 12 nitrogen and oxygen atoms in total. The SMILES string of the molecule is [C-]#[N+]/C(c1cnc2cc(OCCC=C)ccc2n1)=c1\c2c(-c3ccc(OCCCCCCCCCCCCCCCCCCCC)cc3)n(C)/c(=C(/C#N)c3cnc4cc(OCCC=C)ccc4n3)c2c(-c2ccc(OCC#CC#CC#CC#CC)cc2)n1B(c1ccccc1)c1ccccc1. The van der Waals surface area contributed by atoms with E-state index >= 15 is 0 Å². The van der Waals surface area contributed by atoms with E-state index in [1.807, 2.05) is 128 Å². The second-order valence-electron chi connectivity index (χ2n) is 25.3. The van der Waals surface area contributed by atoms with Crippen LogP contribution in [0.5, 0.6) is 23.0 Å². The van der Waals surface area contributed by atoms with Crippen molar-refractivity contribution in [3.8, 4) is 98.9 Å². The van der Waals surface area contributed by atoms with E-state index < -0.39 is 6.85 Å². The minimum absolute atomic E-state index is 0.0669. The molecule has 0 spiro atoms. The maximum Gasteiger partial charge on any atom is 0.327 e. The largest absolute Gasteiger partial charge is 0.494 e. The van der Waals surface area contributed by atoms with Gasteiger partial charge in [-0.1, -0.05) is 206 Å². The van der Waals surface area contributed by atoms with Gasteiger partial charge < -0.3 is 28.0 Å². The number of hydrogen-bond donors (Lipinski definition) is 0. The average Bonchev–Trinajstić information content (AvgIpc) is 1.53. The molecule has 10 rings (SSSR count). The Labute approximate surface area is 603 Å². The molecule has 0 N–H and O–H groups in total. The van der Waals surface area contributed by atoms with E-state index in [9.17, 15) is 11.8 Å². The summed E-state index contributed by atoms with van der Waals surface area (Å²) in [6, 6.07) is 50.5. The number of aromatic nitrogens is 6. The Hall–Kier alpha value is -11.5. The lowest BCUT2D eigenvalue weighted by atomic mass is 9.50. The van der Waals surface area contributed by atoms with Crippen LogP contribution in [0.2, 0.25) is 0 Å². The summed E-state index contributed by atoms with van der Waals surface area (Å²) >= 11 is 0. The van der Waals surface area contributed by atoms with Crippen LogP contribution in [0.3, 0.4) is 0 Å². The monoisotopic (exact) mass is 1340 g/mol. The highest BCUT2D eigenvalue weighted by atomic mass is 16.5. The third kappa shape index (κ3) is 19.5. The minimum Gasteiger partial charge on any atom is -0.494 e. The molecule has 102 heavy (non-hydrogen) atoms. The number of fused-ring (bicyclic) bond motifs is 3. The van der Waals surface area contributed by atoms with Gasteiger partial charge in [0, 0.05) is 47.2 Å². The lowest BCUT2D eigenvalue weighted by Gasteiger charge is -2.22. The molecule has 0 aliphatic rings. The molecule has 0 unspecified atom stereocenters. The fourth-order valence-electron chi connectivity index (χ4n) is 13.0. The molecular weight excluding hydrogens is 1260 g/mol. The molecule has 512 valence electrons. The Morgan fingerprint density at radius 1 is 0.510 bits per heavy atom. The lowest BCUT2D eigenvalue weighted by Crippen LogP contribution is -2.53. The molecule has 0 aliphatic heterocycles. The smallest absolute Gasteiger partial charge is 0.327 e. The van der Waals surface area contributed by atoms with Gasteiger partial charge in [-0.15, -0.1) is 13.2 Å². The van der Waals surface area contributed by atoms with Gasteiger partial charge in [-0.05, 0) is 152 Å². The van der Waals surface area contributed by atoms with Crippen molar-refractivity contribution >= 4 is 61.9 Å². The zero-order valence-corrected chi connectivity index (χ0v) is 59.3. The normalized spacial score (nSPS) is 11.3. The van der Waals surface area contributed by atoms with Crippen LogP contribution in [0.4, 0.5) is 0 Å². The van der Waals surface area contributed by atoms with Gasteiger partial charge in [-0.3, -0.25) is 15.0 Å². The van der Waals surface area contributed by atoms with Crippen LogP contribution >= 0.6 is 0 Å². The van der Waals surface area contributed by atoms with E-state index in [1.165, 1.54) is 103 Å². The highest BCUT2D eigenvalue weighted by molar-refractivity contribution is 6.84. The fourth-order valence-corrected chi connectivity index (χ4v) is 13.0. The van der Waals surface area contributed by atoms with Gasteiger partial charge in [-0.2, -0.15) is 5.26 Å². The molecule has 0 saturated carbocycles. The molecule has 0 bridgehead atoms. The van der Waals surface area contributed by atoms with E-state index in [-0.39, 0.29) is 17.9 Å². The quantitative estimate of drug-likeness (QED) is 0.0123. The van der Waals surface area contributed by atoms with Crippen LogP contribution < -0.4 is 40.6 Å². The van der Waals surface area contributed by atoms with Crippen molar-refractivity contribution < 1.29 is 18.9 Å².